The smallest absolute Gasteiger partial charge is 0.410 e. The number of carbonyl (C=O) groups is 1. The molecule has 6 heteroatoms. The zero-order valence-corrected chi connectivity index (χ0v) is 14.4. The molecule has 24 heavy (non-hydrogen) atoms. The molecule has 1 saturated heterocycles. The molecule has 1 amide bonds. The number of ether oxygens (including phenoxy) is 1. The van der Waals surface area contributed by atoms with Crippen molar-refractivity contribution in [1.82, 2.24) is 9.47 Å². The Kier molecular flexibility index (Phi) is 4.30. The topological polar surface area (TPSA) is 63.9 Å². The summed E-state index contributed by atoms with van der Waals surface area (Å²) in [4.78, 5) is 24.7. The van der Waals surface area contributed by atoms with Crippen LogP contribution < -0.4 is 0 Å². The standard InChI is InChI=1S/C18H23N3O3/c1-18(2,3)24-17(22)20-9-7-15(8-10-20)21-11-6-13-4-5-14(19-23)12-16(13)21/h4-6,11-12,15H,7-10H2,1-3H3. The summed E-state index contributed by atoms with van der Waals surface area (Å²) < 4.78 is 7.63. The van der Waals surface area contributed by atoms with Crippen LogP contribution in [0.25, 0.3) is 10.9 Å². The number of rotatable bonds is 2. The van der Waals surface area contributed by atoms with Crippen LogP contribution in [0.5, 0.6) is 0 Å². The normalized spacial score (nSPS) is 16.4. The van der Waals surface area contributed by atoms with Crippen LogP contribution in [0, 0.1) is 4.91 Å². The summed E-state index contributed by atoms with van der Waals surface area (Å²) in [6, 6.07) is 7.82. The fourth-order valence-electron chi connectivity index (χ4n) is 3.17. The number of nitrogens with zero attached hydrogens (tertiary/aromatic N) is 3. The first kappa shape index (κ1) is 16.5. The van der Waals surface area contributed by atoms with Gasteiger partial charge in [0.05, 0.1) is 5.52 Å². The maximum Gasteiger partial charge on any atom is 0.410 e. The lowest BCUT2D eigenvalue weighted by Gasteiger charge is -2.34. The van der Waals surface area contributed by atoms with Gasteiger partial charge < -0.3 is 14.2 Å². The third-order valence-electron chi connectivity index (χ3n) is 4.32. The number of fused-ring (bicyclic) bond motifs is 1. The lowest BCUT2D eigenvalue weighted by Crippen LogP contribution is -2.42. The highest BCUT2D eigenvalue weighted by molar-refractivity contribution is 5.83. The molecule has 0 bridgehead atoms. The van der Waals surface area contributed by atoms with E-state index in [9.17, 15) is 9.70 Å². The zero-order chi connectivity index (χ0) is 17.3. The van der Waals surface area contributed by atoms with Gasteiger partial charge >= 0.3 is 6.09 Å². The SMILES string of the molecule is CC(C)(C)OC(=O)N1CCC(n2ccc3ccc(N=O)cc32)CC1. The predicted molar refractivity (Wildman–Crippen MR) is 93.5 cm³/mol. The van der Waals surface area contributed by atoms with E-state index in [1.807, 2.05) is 45.2 Å². The Labute approximate surface area is 141 Å². The van der Waals surface area contributed by atoms with Crippen molar-refractivity contribution in [2.24, 2.45) is 5.18 Å². The molecule has 3 rings (SSSR count). The quantitative estimate of drug-likeness (QED) is 0.756. The molecule has 1 aromatic carbocycles. The Morgan fingerprint density at radius 3 is 2.54 bits per heavy atom. The Morgan fingerprint density at radius 2 is 1.92 bits per heavy atom. The van der Waals surface area contributed by atoms with E-state index in [-0.39, 0.29) is 6.09 Å². The molecule has 0 unspecified atom stereocenters. The first-order valence-corrected chi connectivity index (χ1v) is 8.29. The zero-order valence-electron chi connectivity index (χ0n) is 14.4. The summed E-state index contributed by atoms with van der Waals surface area (Å²) in [5, 5.41) is 4.12. The van der Waals surface area contributed by atoms with Crippen molar-refractivity contribution < 1.29 is 9.53 Å². The number of aromatic nitrogens is 1. The fraction of sp³-hybridized carbons (Fsp3) is 0.500. The summed E-state index contributed by atoms with van der Waals surface area (Å²) in [6.45, 7) is 6.97. The monoisotopic (exact) mass is 329 g/mol. The van der Waals surface area contributed by atoms with Gasteiger partial charge in [-0.05, 0) is 62.4 Å². The highest BCUT2D eigenvalue weighted by Gasteiger charge is 2.27. The fourth-order valence-corrected chi connectivity index (χ4v) is 3.17. The maximum absolute atomic E-state index is 12.2. The van der Waals surface area contributed by atoms with Crippen LogP contribution in [0.1, 0.15) is 39.7 Å². The van der Waals surface area contributed by atoms with E-state index >= 15 is 0 Å². The third-order valence-corrected chi connectivity index (χ3v) is 4.32. The van der Waals surface area contributed by atoms with Crippen molar-refractivity contribution in [2.75, 3.05) is 13.1 Å². The van der Waals surface area contributed by atoms with E-state index in [2.05, 4.69) is 9.74 Å². The first-order chi connectivity index (χ1) is 11.4. The second-order valence-electron chi connectivity index (χ2n) is 7.26. The van der Waals surface area contributed by atoms with Crippen LogP contribution in [0.2, 0.25) is 0 Å². The molecular formula is C18H23N3O3. The lowest BCUT2D eigenvalue weighted by molar-refractivity contribution is 0.0190. The molecule has 0 atom stereocenters. The molecule has 0 N–H and O–H groups in total. The average molecular weight is 329 g/mol. The maximum atomic E-state index is 12.2. The number of amides is 1. The molecule has 0 radical (unpaired) electrons. The molecular weight excluding hydrogens is 306 g/mol. The van der Waals surface area contributed by atoms with Gasteiger partial charge in [0.15, 0.2) is 0 Å². The second-order valence-corrected chi connectivity index (χ2v) is 7.26. The van der Waals surface area contributed by atoms with E-state index in [1.165, 1.54) is 0 Å². The number of piperidine rings is 1. The molecule has 0 aliphatic carbocycles. The van der Waals surface area contributed by atoms with Gasteiger partial charge in [-0.3, -0.25) is 0 Å². The van der Waals surface area contributed by atoms with E-state index in [4.69, 9.17) is 4.74 Å². The Morgan fingerprint density at radius 1 is 1.21 bits per heavy atom. The van der Waals surface area contributed by atoms with Crippen LogP contribution in [-0.2, 0) is 4.74 Å². The van der Waals surface area contributed by atoms with E-state index in [1.54, 1.807) is 11.0 Å². The van der Waals surface area contributed by atoms with E-state index < -0.39 is 5.60 Å². The van der Waals surface area contributed by atoms with Gasteiger partial charge in [0, 0.05) is 25.3 Å². The van der Waals surface area contributed by atoms with Crippen LogP contribution in [0.3, 0.4) is 0 Å². The minimum Gasteiger partial charge on any atom is -0.444 e. The minimum absolute atomic E-state index is 0.245. The molecule has 2 aromatic rings. The average Bonchev–Trinajstić information content (AvgIpc) is 2.96. The highest BCUT2D eigenvalue weighted by Crippen LogP contribution is 2.30. The van der Waals surface area contributed by atoms with E-state index in [0.29, 0.717) is 24.8 Å². The van der Waals surface area contributed by atoms with Crippen LogP contribution in [0.4, 0.5) is 10.5 Å². The van der Waals surface area contributed by atoms with Gasteiger partial charge in [-0.15, -0.1) is 4.91 Å². The van der Waals surface area contributed by atoms with Crippen molar-refractivity contribution in [1.29, 1.82) is 0 Å². The predicted octanol–water partition coefficient (Wildman–Crippen LogP) is 4.61. The van der Waals surface area contributed by atoms with Crippen molar-refractivity contribution in [3.63, 3.8) is 0 Å². The van der Waals surface area contributed by atoms with Gasteiger partial charge in [0.2, 0.25) is 0 Å². The summed E-state index contributed by atoms with van der Waals surface area (Å²) in [5.41, 5.74) is 0.986. The molecule has 0 saturated carbocycles. The largest absolute Gasteiger partial charge is 0.444 e. The molecule has 1 aliphatic heterocycles. The number of hydrogen-bond acceptors (Lipinski definition) is 4. The lowest BCUT2D eigenvalue weighted by atomic mass is 10.0. The van der Waals surface area contributed by atoms with Gasteiger partial charge in [-0.1, -0.05) is 6.07 Å². The number of benzene rings is 1. The number of nitroso groups, excluding NO2 is 1. The molecule has 0 spiro atoms. The molecule has 2 heterocycles. The first-order valence-electron chi connectivity index (χ1n) is 8.29. The van der Waals surface area contributed by atoms with Gasteiger partial charge in [-0.2, -0.15) is 0 Å². The highest BCUT2D eigenvalue weighted by atomic mass is 16.6. The van der Waals surface area contributed by atoms with Gasteiger partial charge in [-0.25, -0.2) is 4.79 Å². The molecule has 1 aromatic heterocycles. The minimum atomic E-state index is -0.469. The second kappa shape index (κ2) is 6.26. The van der Waals surface area contributed by atoms with Gasteiger partial charge in [0.25, 0.3) is 0 Å². The van der Waals surface area contributed by atoms with Gasteiger partial charge in [0.1, 0.15) is 11.3 Å². The molecule has 6 nitrogen and oxygen atoms in total. The number of likely N-dealkylation sites (tertiary alicyclic amines) is 1. The Balaban J connectivity index is 1.71. The third kappa shape index (κ3) is 3.42. The summed E-state index contributed by atoms with van der Waals surface area (Å²) in [6.07, 6.45) is 3.53. The van der Waals surface area contributed by atoms with Crippen molar-refractivity contribution >= 4 is 22.7 Å². The summed E-state index contributed by atoms with van der Waals surface area (Å²) in [7, 11) is 0. The Bertz CT molecular complexity index is 752. The Hall–Kier alpha value is -2.37. The van der Waals surface area contributed by atoms with E-state index in [0.717, 1.165) is 23.7 Å². The van der Waals surface area contributed by atoms with Crippen molar-refractivity contribution in [3.05, 3.63) is 35.4 Å². The van der Waals surface area contributed by atoms with Crippen LogP contribution in [-0.4, -0.2) is 34.3 Å². The van der Waals surface area contributed by atoms with Crippen molar-refractivity contribution in [3.8, 4) is 0 Å². The number of carbonyl (C=O) groups excluding carboxylic acids is 1. The summed E-state index contributed by atoms with van der Waals surface area (Å²) in [5.74, 6) is 0. The molecule has 128 valence electrons. The van der Waals surface area contributed by atoms with Crippen LogP contribution >= 0.6 is 0 Å². The molecule has 1 fully saturated rings. The number of hydrogen-bond donors (Lipinski definition) is 0. The molecule has 1 aliphatic rings. The van der Waals surface area contributed by atoms with Crippen LogP contribution in [0.15, 0.2) is 35.6 Å². The summed E-state index contributed by atoms with van der Waals surface area (Å²) >= 11 is 0. The van der Waals surface area contributed by atoms with Crippen molar-refractivity contribution in [2.45, 2.75) is 45.3 Å².